The number of carbonyl (C=O) groups excluding carboxylic acids is 2. The molecule has 0 bridgehead atoms. The van der Waals surface area contributed by atoms with Crippen LogP contribution in [0, 0.1) is 0 Å². The normalized spacial score (nSPS) is 22.2. The molecule has 1 saturated carbocycles. The Morgan fingerprint density at radius 2 is 1.77 bits per heavy atom. The number of ether oxygens (including phenoxy) is 5. The second-order valence-corrected chi connectivity index (χ2v) is 10.8. The Bertz CT molecular complexity index is 1400. The van der Waals surface area contributed by atoms with Crippen LogP contribution < -0.4 is 24.3 Å². The Kier molecular flexibility index (Phi) is 7.17. The lowest BCUT2D eigenvalue weighted by Gasteiger charge is -2.37. The highest BCUT2D eigenvalue weighted by atomic mass is 16.7. The lowest BCUT2D eigenvalue weighted by Crippen LogP contribution is -2.36. The number of rotatable bonds is 7. The van der Waals surface area contributed by atoms with Gasteiger partial charge in [0, 0.05) is 29.3 Å². The van der Waals surface area contributed by atoms with Crippen LogP contribution in [0.3, 0.4) is 0 Å². The zero-order chi connectivity index (χ0) is 27.8. The summed E-state index contributed by atoms with van der Waals surface area (Å²) in [5.41, 5.74) is 4.48. The van der Waals surface area contributed by atoms with Crippen LogP contribution in [0.4, 0.5) is 0 Å². The van der Waals surface area contributed by atoms with Gasteiger partial charge >= 0.3 is 5.97 Å². The smallest absolute Gasteiger partial charge is 0.337 e. The van der Waals surface area contributed by atoms with Gasteiger partial charge in [0.2, 0.25) is 6.79 Å². The Morgan fingerprint density at radius 1 is 1.00 bits per heavy atom. The Hall–Kier alpha value is -3.94. The molecule has 8 nitrogen and oxygen atoms in total. The number of benzene rings is 2. The topological polar surface area (TPSA) is 92.3 Å². The maximum atomic E-state index is 14.0. The largest absolute Gasteiger partial charge is 0.493 e. The lowest BCUT2D eigenvalue weighted by atomic mass is 9.71. The summed E-state index contributed by atoms with van der Waals surface area (Å²) >= 11 is 0. The van der Waals surface area contributed by atoms with E-state index in [4.69, 9.17) is 23.7 Å². The molecule has 1 fully saturated rings. The van der Waals surface area contributed by atoms with E-state index in [9.17, 15) is 9.59 Å². The zero-order valence-electron chi connectivity index (χ0n) is 23.2. The Morgan fingerprint density at radius 3 is 2.55 bits per heavy atom. The molecule has 0 radical (unpaired) electrons. The van der Waals surface area contributed by atoms with E-state index in [0.717, 1.165) is 42.5 Å². The Balaban J connectivity index is 1.37. The molecule has 6 rings (SSSR count). The van der Waals surface area contributed by atoms with E-state index in [1.807, 2.05) is 50.2 Å². The van der Waals surface area contributed by atoms with E-state index < -0.39 is 5.92 Å². The molecule has 0 saturated heterocycles. The van der Waals surface area contributed by atoms with Gasteiger partial charge in [-0.25, -0.2) is 4.79 Å². The molecule has 2 aromatic rings. The molecule has 40 heavy (non-hydrogen) atoms. The molecule has 2 heterocycles. The van der Waals surface area contributed by atoms with Crippen molar-refractivity contribution >= 4 is 11.8 Å². The number of dihydropyridines is 1. The van der Waals surface area contributed by atoms with Crippen molar-refractivity contribution in [3.05, 3.63) is 70.1 Å². The third kappa shape index (κ3) is 4.80. The minimum atomic E-state index is -0.553. The summed E-state index contributed by atoms with van der Waals surface area (Å²) in [4.78, 5) is 27.7. The van der Waals surface area contributed by atoms with Gasteiger partial charge in [0.1, 0.15) is 6.10 Å². The van der Waals surface area contributed by atoms with Crippen molar-refractivity contribution in [3.63, 3.8) is 0 Å². The summed E-state index contributed by atoms with van der Waals surface area (Å²) < 4.78 is 28.4. The lowest BCUT2D eigenvalue weighted by molar-refractivity contribution is -0.144. The highest BCUT2D eigenvalue weighted by Crippen LogP contribution is 2.48. The molecule has 4 aliphatic rings. The maximum Gasteiger partial charge on any atom is 0.337 e. The maximum absolute atomic E-state index is 14.0. The first-order chi connectivity index (χ1) is 19.5. The molecule has 8 heteroatoms. The molecule has 2 aromatic carbocycles. The predicted octanol–water partition coefficient (Wildman–Crippen LogP) is 5.67. The van der Waals surface area contributed by atoms with Crippen molar-refractivity contribution in [1.82, 2.24) is 5.32 Å². The van der Waals surface area contributed by atoms with Crippen molar-refractivity contribution in [2.75, 3.05) is 20.5 Å². The van der Waals surface area contributed by atoms with E-state index in [-0.39, 0.29) is 30.6 Å². The zero-order valence-corrected chi connectivity index (χ0v) is 23.2. The summed E-state index contributed by atoms with van der Waals surface area (Å²) in [6.07, 6.45) is 4.74. The van der Waals surface area contributed by atoms with E-state index >= 15 is 0 Å². The van der Waals surface area contributed by atoms with Gasteiger partial charge in [-0.3, -0.25) is 4.79 Å². The molecule has 2 aliphatic heterocycles. The fourth-order valence-corrected chi connectivity index (χ4v) is 6.41. The van der Waals surface area contributed by atoms with E-state index in [1.54, 1.807) is 7.11 Å². The highest BCUT2D eigenvalue weighted by Gasteiger charge is 2.42. The molecule has 0 aromatic heterocycles. The summed E-state index contributed by atoms with van der Waals surface area (Å²) in [6.45, 7) is 4.51. The van der Waals surface area contributed by atoms with Crippen molar-refractivity contribution in [1.29, 1.82) is 0 Å². The van der Waals surface area contributed by atoms with Crippen molar-refractivity contribution in [2.24, 2.45) is 0 Å². The summed E-state index contributed by atoms with van der Waals surface area (Å²) in [5, 5.41) is 3.44. The van der Waals surface area contributed by atoms with Crippen LogP contribution in [0.25, 0.3) is 0 Å². The van der Waals surface area contributed by atoms with E-state index in [0.29, 0.717) is 59.3 Å². The van der Waals surface area contributed by atoms with Crippen molar-refractivity contribution in [2.45, 2.75) is 70.3 Å². The number of esters is 1. The number of methoxy groups -OCH3 is 1. The van der Waals surface area contributed by atoms with Crippen LogP contribution in [0.2, 0.25) is 0 Å². The molecule has 0 unspecified atom stereocenters. The monoisotopic (exact) mass is 545 g/mol. The second-order valence-electron chi connectivity index (χ2n) is 10.8. The average molecular weight is 546 g/mol. The number of nitrogens with one attached hydrogen (secondary N) is 1. The molecule has 2 atom stereocenters. The van der Waals surface area contributed by atoms with Crippen LogP contribution in [0.15, 0.2) is 58.9 Å². The first-order valence-electron chi connectivity index (χ1n) is 14.1. The van der Waals surface area contributed by atoms with Gasteiger partial charge in [-0.05, 0) is 87.3 Å². The number of allylic oxidation sites excluding steroid dienone is 3. The number of ketones is 1. The molecular formula is C32H35NO7. The minimum Gasteiger partial charge on any atom is -0.493 e. The van der Waals surface area contributed by atoms with Crippen molar-refractivity contribution in [3.8, 4) is 23.0 Å². The summed E-state index contributed by atoms with van der Waals surface area (Å²) in [7, 11) is 1.62. The molecule has 1 N–H and O–H groups in total. The molecule has 210 valence electrons. The first kappa shape index (κ1) is 26.3. The Labute approximate surface area is 234 Å². The van der Waals surface area contributed by atoms with Gasteiger partial charge in [0.05, 0.1) is 19.3 Å². The van der Waals surface area contributed by atoms with Crippen LogP contribution in [-0.4, -0.2) is 38.4 Å². The molecule has 2 aliphatic carbocycles. The standard InChI is InChI=1S/C32H35NO7/c1-4-37-25-11-9-19(15-27(25)36-3)21-13-23-31(24(34)14-21)30(20-10-12-26-28(16-20)39-17-38-26)29(18(2)33-23)32(35)40-22-7-5-6-8-22/h9-12,15-16,21-22,30,33H,4-8,13-14,17H2,1-3H3/t21-,30+/m0/s1. The fraction of sp³-hybridized carbons (Fsp3) is 0.438. The van der Waals surface area contributed by atoms with E-state index in [2.05, 4.69) is 5.32 Å². The highest BCUT2D eigenvalue weighted by molar-refractivity contribution is 6.04. The molecular weight excluding hydrogens is 510 g/mol. The summed E-state index contributed by atoms with van der Waals surface area (Å²) in [5.74, 6) is 1.64. The minimum absolute atomic E-state index is 0.00735. The third-order valence-electron chi connectivity index (χ3n) is 8.31. The second kappa shape index (κ2) is 10.9. The van der Waals surface area contributed by atoms with Gasteiger partial charge in [0.15, 0.2) is 28.8 Å². The quantitative estimate of drug-likeness (QED) is 0.445. The number of Topliss-reactive ketones (excluding diaryl/α,β-unsaturated/α-hetero) is 1. The van der Waals surface area contributed by atoms with Gasteiger partial charge in [-0.15, -0.1) is 0 Å². The fourth-order valence-electron chi connectivity index (χ4n) is 6.41. The van der Waals surface area contributed by atoms with Gasteiger partial charge in [0.25, 0.3) is 0 Å². The van der Waals surface area contributed by atoms with Crippen LogP contribution in [0.5, 0.6) is 23.0 Å². The van der Waals surface area contributed by atoms with Gasteiger partial charge < -0.3 is 29.0 Å². The van der Waals surface area contributed by atoms with Gasteiger partial charge in [-0.1, -0.05) is 12.1 Å². The number of hydrogen-bond acceptors (Lipinski definition) is 8. The molecule has 0 spiro atoms. The van der Waals surface area contributed by atoms with E-state index in [1.165, 1.54) is 0 Å². The van der Waals surface area contributed by atoms with Gasteiger partial charge in [-0.2, -0.15) is 0 Å². The summed E-state index contributed by atoms with van der Waals surface area (Å²) in [6, 6.07) is 11.5. The number of carbonyl (C=O) groups is 2. The molecule has 0 amide bonds. The SMILES string of the molecule is CCOc1ccc([C@@H]2CC(=O)C3=C(C2)NC(C)=C(C(=O)OC2CCCC2)[C@H]3c2ccc3c(c2)OCO3)cc1OC. The number of fused-ring (bicyclic) bond motifs is 1. The first-order valence-corrected chi connectivity index (χ1v) is 14.1. The average Bonchev–Trinajstić information content (AvgIpc) is 3.64. The predicted molar refractivity (Wildman–Crippen MR) is 148 cm³/mol. The van der Waals surface area contributed by atoms with Crippen LogP contribution in [-0.2, 0) is 14.3 Å². The van der Waals surface area contributed by atoms with Crippen molar-refractivity contribution < 1.29 is 33.3 Å². The number of hydrogen-bond donors (Lipinski definition) is 1. The van der Waals surface area contributed by atoms with Crippen LogP contribution >= 0.6 is 0 Å². The van der Waals surface area contributed by atoms with Crippen LogP contribution in [0.1, 0.15) is 75.3 Å². The third-order valence-corrected chi connectivity index (χ3v) is 8.31.